The highest BCUT2D eigenvalue weighted by molar-refractivity contribution is 6.01. The second kappa shape index (κ2) is 7.00. The van der Waals surface area contributed by atoms with Crippen LogP contribution >= 0.6 is 0 Å². The van der Waals surface area contributed by atoms with Crippen LogP contribution in [0.15, 0.2) is 54.6 Å². The highest BCUT2D eigenvalue weighted by Crippen LogP contribution is 2.29. The first-order chi connectivity index (χ1) is 10.9. The maximum Gasteiger partial charge on any atom is 0.416 e. The number of hydrogen-bond acceptors (Lipinski definition) is 2. The summed E-state index contributed by atoms with van der Waals surface area (Å²) in [5, 5.41) is 2.50. The summed E-state index contributed by atoms with van der Waals surface area (Å²) in [6.45, 7) is 0. The molecule has 0 aromatic heterocycles. The third-order valence-corrected chi connectivity index (χ3v) is 3.00. The molecule has 23 heavy (non-hydrogen) atoms. The molecule has 0 unspecified atom stereocenters. The lowest BCUT2D eigenvalue weighted by atomic mass is 10.2. The van der Waals surface area contributed by atoms with Crippen molar-refractivity contribution < 1.29 is 22.7 Å². The zero-order valence-electron chi connectivity index (χ0n) is 12.2. The van der Waals surface area contributed by atoms with Crippen LogP contribution in [0.2, 0.25) is 0 Å². The van der Waals surface area contributed by atoms with Gasteiger partial charge in [0.1, 0.15) is 5.75 Å². The van der Waals surface area contributed by atoms with Crippen LogP contribution in [0.25, 0.3) is 6.08 Å². The number of alkyl halides is 3. The maximum atomic E-state index is 12.4. The summed E-state index contributed by atoms with van der Waals surface area (Å²) >= 11 is 0. The quantitative estimate of drug-likeness (QED) is 0.850. The fourth-order valence-electron chi connectivity index (χ4n) is 1.84. The lowest BCUT2D eigenvalue weighted by Gasteiger charge is -2.07. The first-order valence-corrected chi connectivity index (χ1v) is 6.69. The van der Waals surface area contributed by atoms with E-state index in [1.165, 1.54) is 18.2 Å². The third-order valence-electron chi connectivity index (χ3n) is 3.00. The molecule has 2 aromatic rings. The van der Waals surface area contributed by atoms with Gasteiger partial charge < -0.3 is 10.1 Å². The van der Waals surface area contributed by atoms with E-state index < -0.39 is 17.6 Å². The van der Waals surface area contributed by atoms with E-state index in [1.807, 2.05) is 0 Å². The normalized spacial score (nSPS) is 11.5. The van der Waals surface area contributed by atoms with Crippen molar-refractivity contribution >= 4 is 17.7 Å². The molecular weight excluding hydrogens is 307 g/mol. The summed E-state index contributed by atoms with van der Waals surface area (Å²) in [6.07, 6.45) is -1.51. The van der Waals surface area contributed by atoms with E-state index in [-0.39, 0.29) is 0 Å². The summed E-state index contributed by atoms with van der Waals surface area (Å²) in [6, 6.07) is 11.4. The van der Waals surface area contributed by atoms with Crippen molar-refractivity contribution in [2.45, 2.75) is 6.18 Å². The molecule has 0 spiro atoms. The number of hydrogen-bond donors (Lipinski definition) is 1. The van der Waals surface area contributed by atoms with Crippen molar-refractivity contribution in [3.63, 3.8) is 0 Å². The Bertz CT molecular complexity index is 707. The molecule has 0 radical (unpaired) electrons. The van der Waals surface area contributed by atoms with Crippen LogP contribution in [0.5, 0.6) is 5.75 Å². The van der Waals surface area contributed by atoms with E-state index in [9.17, 15) is 18.0 Å². The summed E-state index contributed by atoms with van der Waals surface area (Å²) in [4.78, 5) is 11.8. The smallest absolute Gasteiger partial charge is 0.416 e. The van der Waals surface area contributed by atoms with Crippen molar-refractivity contribution in [3.05, 3.63) is 65.7 Å². The van der Waals surface area contributed by atoms with E-state index in [4.69, 9.17) is 4.74 Å². The van der Waals surface area contributed by atoms with Gasteiger partial charge in [-0.1, -0.05) is 12.1 Å². The van der Waals surface area contributed by atoms with Gasteiger partial charge >= 0.3 is 6.18 Å². The molecule has 2 rings (SSSR count). The number of carbonyl (C=O) groups excluding carboxylic acids is 1. The van der Waals surface area contributed by atoms with Gasteiger partial charge in [0.05, 0.1) is 12.7 Å². The van der Waals surface area contributed by atoms with Crippen molar-refractivity contribution in [2.24, 2.45) is 0 Å². The lowest BCUT2D eigenvalue weighted by Crippen LogP contribution is -2.09. The van der Waals surface area contributed by atoms with Gasteiger partial charge in [0.25, 0.3) is 0 Å². The van der Waals surface area contributed by atoms with E-state index in [2.05, 4.69) is 5.32 Å². The molecule has 0 saturated heterocycles. The fraction of sp³-hybridized carbons (Fsp3) is 0.118. The molecule has 2 aromatic carbocycles. The van der Waals surface area contributed by atoms with Crippen LogP contribution in [0.4, 0.5) is 18.9 Å². The average Bonchev–Trinajstić information content (AvgIpc) is 2.53. The Morgan fingerprint density at radius 3 is 2.43 bits per heavy atom. The minimum absolute atomic E-state index is 0.290. The number of nitrogens with one attached hydrogen (secondary N) is 1. The molecule has 1 amide bonds. The number of anilines is 1. The van der Waals surface area contributed by atoms with Gasteiger partial charge in [0, 0.05) is 11.8 Å². The molecule has 0 atom stereocenters. The summed E-state index contributed by atoms with van der Waals surface area (Å²) in [5.41, 5.74) is 0.299. The second-order valence-corrected chi connectivity index (χ2v) is 4.67. The molecule has 0 fully saturated rings. The molecule has 0 saturated carbocycles. The van der Waals surface area contributed by atoms with Crippen LogP contribution < -0.4 is 10.1 Å². The second-order valence-electron chi connectivity index (χ2n) is 4.67. The minimum Gasteiger partial charge on any atom is -0.497 e. The Balaban J connectivity index is 2.00. The third kappa shape index (κ3) is 4.88. The van der Waals surface area contributed by atoms with Crippen LogP contribution in [-0.2, 0) is 11.0 Å². The molecule has 0 heterocycles. The number of amides is 1. The summed E-state index contributed by atoms with van der Waals surface area (Å²) in [7, 11) is 1.54. The number of ether oxygens (including phenoxy) is 1. The van der Waals surface area contributed by atoms with E-state index in [0.717, 1.165) is 17.7 Å². The van der Waals surface area contributed by atoms with Gasteiger partial charge in [0.15, 0.2) is 0 Å². The van der Waals surface area contributed by atoms with Gasteiger partial charge in [0.2, 0.25) is 5.91 Å². The molecular formula is C17H14F3NO2. The van der Waals surface area contributed by atoms with Crippen LogP contribution in [0.3, 0.4) is 0 Å². The lowest BCUT2D eigenvalue weighted by molar-refractivity contribution is -0.137. The largest absolute Gasteiger partial charge is 0.497 e. The number of benzene rings is 2. The maximum absolute atomic E-state index is 12.4. The first kappa shape index (κ1) is 16.6. The minimum atomic E-state index is -4.39. The van der Waals surface area contributed by atoms with Crippen molar-refractivity contribution in [1.82, 2.24) is 0 Å². The van der Waals surface area contributed by atoms with Crippen molar-refractivity contribution in [2.75, 3.05) is 12.4 Å². The molecule has 0 aliphatic carbocycles. The topological polar surface area (TPSA) is 38.3 Å². The standard InChI is InChI=1S/C17H14F3NO2/c1-23-15-4-2-3-12(11-15)5-10-16(22)21-14-8-6-13(7-9-14)17(18,19)20/h2-11H,1H3,(H,21,22). The van der Waals surface area contributed by atoms with Crippen molar-refractivity contribution in [3.8, 4) is 5.75 Å². The molecule has 0 aliphatic heterocycles. The Hall–Kier alpha value is -2.76. The SMILES string of the molecule is COc1cccc(C=CC(=O)Nc2ccc(C(F)(F)F)cc2)c1. The predicted molar refractivity (Wildman–Crippen MR) is 82.1 cm³/mol. The molecule has 120 valence electrons. The van der Waals surface area contributed by atoms with Crippen LogP contribution in [0, 0.1) is 0 Å². The Morgan fingerprint density at radius 1 is 1.13 bits per heavy atom. The van der Waals surface area contributed by atoms with Gasteiger partial charge in [-0.25, -0.2) is 0 Å². The Kier molecular flexibility index (Phi) is 5.05. The van der Waals surface area contributed by atoms with E-state index >= 15 is 0 Å². The number of rotatable bonds is 4. The fourth-order valence-corrected chi connectivity index (χ4v) is 1.84. The van der Waals surface area contributed by atoms with E-state index in [0.29, 0.717) is 11.4 Å². The van der Waals surface area contributed by atoms with Gasteiger partial charge in [-0.2, -0.15) is 13.2 Å². The monoisotopic (exact) mass is 321 g/mol. The van der Waals surface area contributed by atoms with Gasteiger partial charge in [-0.15, -0.1) is 0 Å². The van der Waals surface area contributed by atoms with Crippen LogP contribution in [0.1, 0.15) is 11.1 Å². The highest BCUT2D eigenvalue weighted by Gasteiger charge is 2.29. The van der Waals surface area contributed by atoms with Gasteiger partial charge in [-0.3, -0.25) is 4.79 Å². The average molecular weight is 321 g/mol. The van der Waals surface area contributed by atoms with E-state index in [1.54, 1.807) is 37.5 Å². The number of halogens is 3. The molecule has 6 heteroatoms. The van der Waals surface area contributed by atoms with Crippen molar-refractivity contribution in [1.29, 1.82) is 0 Å². The molecule has 1 N–H and O–H groups in total. The molecule has 0 bridgehead atoms. The highest BCUT2D eigenvalue weighted by atomic mass is 19.4. The molecule has 0 aliphatic rings. The van der Waals surface area contributed by atoms with Crippen LogP contribution in [-0.4, -0.2) is 13.0 Å². The summed E-state index contributed by atoms with van der Waals surface area (Å²) < 4.78 is 42.4. The Labute approximate surface area is 131 Å². The zero-order valence-corrected chi connectivity index (χ0v) is 12.2. The molecule has 3 nitrogen and oxygen atoms in total. The number of methoxy groups -OCH3 is 1. The summed E-state index contributed by atoms with van der Waals surface area (Å²) in [5.74, 6) is 0.225. The first-order valence-electron chi connectivity index (χ1n) is 6.69. The van der Waals surface area contributed by atoms with Gasteiger partial charge in [-0.05, 0) is 48.0 Å². The number of carbonyl (C=O) groups is 1. The Morgan fingerprint density at radius 2 is 1.83 bits per heavy atom. The predicted octanol–water partition coefficient (Wildman–Crippen LogP) is 4.37. The zero-order chi connectivity index (χ0) is 16.9.